The number of amides is 1. The largest absolute Gasteiger partial charge is 0.376 e. The van der Waals surface area contributed by atoms with Crippen LogP contribution in [0.2, 0.25) is 0 Å². The molecule has 122 valence electrons. The van der Waals surface area contributed by atoms with E-state index in [2.05, 4.69) is 49.6 Å². The highest BCUT2D eigenvalue weighted by atomic mass is 16.1. The molecule has 3 heteroatoms. The molecule has 0 aliphatic heterocycles. The van der Waals surface area contributed by atoms with Gasteiger partial charge in [0.2, 0.25) is 5.91 Å². The predicted octanol–water partition coefficient (Wildman–Crippen LogP) is 4.65. The minimum atomic E-state index is -0.0446. The lowest BCUT2D eigenvalue weighted by Crippen LogP contribution is -2.22. The van der Waals surface area contributed by atoms with Gasteiger partial charge in [0.15, 0.2) is 0 Å². The van der Waals surface area contributed by atoms with Gasteiger partial charge in [-0.15, -0.1) is 0 Å². The average molecular weight is 310 g/mol. The van der Waals surface area contributed by atoms with Crippen molar-refractivity contribution in [1.82, 2.24) is 0 Å². The molecule has 0 aliphatic rings. The number of benzene rings is 2. The van der Waals surface area contributed by atoms with Crippen molar-refractivity contribution in [3.63, 3.8) is 0 Å². The standard InChI is InChI=1S/C20H26N2O/c1-14-6-11-18(15(2)12-14)22-19(23)13-21-17-9-7-16(8-10-17)20(3,4)5/h6-12,21H,13H2,1-5H3,(H,22,23). The first-order chi connectivity index (χ1) is 10.8. The lowest BCUT2D eigenvalue weighted by Gasteiger charge is -2.19. The van der Waals surface area contributed by atoms with Crippen molar-refractivity contribution in [1.29, 1.82) is 0 Å². The summed E-state index contributed by atoms with van der Waals surface area (Å²) in [5, 5.41) is 6.10. The van der Waals surface area contributed by atoms with E-state index in [0.29, 0.717) is 0 Å². The van der Waals surface area contributed by atoms with E-state index in [4.69, 9.17) is 0 Å². The van der Waals surface area contributed by atoms with Crippen LogP contribution in [0, 0.1) is 13.8 Å². The van der Waals surface area contributed by atoms with Crippen LogP contribution in [0.1, 0.15) is 37.5 Å². The van der Waals surface area contributed by atoms with Gasteiger partial charge in [0.05, 0.1) is 6.54 Å². The number of carbonyl (C=O) groups is 1. The third-order valence-electron chi connectivity index (χ3n) is 3.86. The summed E-state index contributed by atoms with van der Waals surface area (Å²) in [5.74, 6) is -0.0446. The number of carbonyl (C=O) groups excluding carboxylic acids is 1. The van der Waals surface area contributed by atoms with Crippen LogP contribution >= 0.6 is 0 Å². The maximum atomic E-state index is 12.1. The van der Waals surface area contributed by atoms with E-state index in [0.717, 1.165) is 16.9 Å². The van der Waals surface area contributed by atoms with E-state index < -0.39 is 0 Å². The number of rotatable bonds is 4. The maximum Gasteiger partial charge on any atom is 0.243 e. The lowest BCUT2D eigenvalue weighted by molar-refractivity contribution is -0.114. The molecule has 0 unspecified atom stereocenters. The highest BCUT2D eigenvalue weighted by Crippen LogP contribution is 2.23. The van der Waals surface area contributed by atoms with Gasteiger partial charge in [0.25, 0.3) is 0 Å². The van der Waals surface area contributed by atoms with Crippen molar-refractivity contribution >= 4 is 17.3 Å². The second-order valence-corrected chi connectivity index (χ2v) is 7.05. The summed E-state index contributed by atoms with van der Waals surface area (Å²) in [7, 11) is 0. The average Bonchev–Trinajstić information content (AvgIpc) is 2.47. The molecule has 0 heterocycles. The first-order valence-corrected chi connectivity index (χ1v) is 7.97. The molecule has 0 aliphatic carbocycles. The van der Waals surface area contributed by atoms with Crippen LogP contribution < -0.4 is 10.6 Å². The molecule has 2 N–H and O–H groups in total. The van der Waals surface area contributed by atoms with Crippen LogP contribution in [0.25, 0.3) is 0 Å². The molecule has 0 aromatic heterocycles. The van der Waals surface area contributed by atoms with Gasteiger partial charge in [-0.2, -0.15) is 0 Å². The van der Waals surface area contributed by atoms with Gasteiger partial charge in [-0.1, -0.05) is 50.6 Å². The normalized spacial score (nSPS) is 11.2. The van der Waals surface area contributed by atoms with Crippen molar-refractivity contribution < 1.29 is 4.79 Å². The molecule has 0 atom stereocenters. The highest BCUT2D eigenvalue weighted by molar-refractivity contribution is 5.94. The minimum absolute atomic E-state index is 0.0446. The van der Waals surface area contributed by atoms with Crippen molar-refractivity contribution in [2.24, 2.45) is 0 Å². The zero-order valence-corrected chi connectivity index (χ0v) is 14.7. The van der Waals surface area contributed by atoms with E-state index in [-0.39, 0.29) is 17.9 Å². The summed E-state index contributed by atoms with van der Waals surface area (Å²) in [4.78, 5) is 12.1. The monoisotopic (exact) mass is 310 g/mol. The maximum absolute atomic E-state index is 12.1. The van der Waals surface area contributed by atoms with Gasteiger partial charge in [-0.05, 0) is 48.6 Å². The van der Waals surface area contributed by atoms with E-state index in [1.54, 1.807) is 0 Å². The topological polar surface area (TPSA) is 41.1 Å². The lowest BCUT2D eigenvalue weighted by atomic mass is 9.87. The predicted molar refractivity (Wildman–Crippen MR) is 98.2 cm³/mol. The van der Waals surface area contributed by atoms with E-state index in [9.17, 15) is 4.79 Å². The summed E-state index contributed by atoms with van der Waals surface area (Å²) in [6, 6.07) is 14.3. The Morgan fingerprint density at radius 3 is 2.22 bits per heavy atom. The number of anilines is 2. The van der Waals surface area contributed by atoms with E-state index in [1.807, 2.05) is 38.1 Å². The Labute approximate surface area is 139 Å². The van der Waals surface area contributed by atoms with Gasteiger partial charge in [-0.25, -0.2) is 0 Å². The fraction of sp³-hybridized carbons (Fsp3) is 0.350. The molecule has 1 amide bonds. The minimum Gasteiger partial charge on any atom is -0.376 e. The Morgan fingerprint density at radius 2 is 1.65 bits per heavy atom. The van der Waals surface area contributed by atoms with Crippen LogP contribution in [0.3, 0.4) is 0 Å². The SMILES string of the molecule is Cc1ccc(NC(=O)CNc2ccc(C(C)(C)C)cc2)c(C)c1. The Balaban J connectivity index is 1.91. The quantitative estimate of drug-likeness (QED) is 0.863. The number of hydrogen-bond donors (Lipinski definition) is 2. The van der Waals surface area contributed by atoms with Crippen LogP contribution in [0.4, 0.5) is 11.4 Å². The zero-order valence-electron chi connectivity index (χ0n) is 14.7. The van der Waals surface area contributed by atoms with Crippen LogP contribution in [0.5, 0.6) is 0 Å². The molecule has 2 aromatic rings. The number of nitrogens with one attached hydrogen (secondary N) is 2. The summed E-state index contributed by atoms with van der Waals surface area (Å²) >= 11 is 0. The fourth-order valence-electron chi connectivity index (χ4n) is 2.42. The van der Waals surface area contributed by atoms with E-state index >= 15 is 0 Å². The molecule has 0 saturated carbocycles. The van der Waals surface area contributed by atoms with Gasteiger partial charge >= 0.3 is 0 Å². The van der Waals surface area contributed by atoms with Crippen LogP contribution in [-0.2, 0) is 10.2 Å². The van der Waals surface area contributed by atoms with Crippen molar-refractivity contribution in [3.8, 4) is 0 Å². The van der Waals surface area contributed by atoms with Gasteiger partial charge < -0.3 is 10.6 Å². The summed E-state index contributed by atoms with van der Waals surface area (Å²) in [5.41, 5.74) is 5.51. The summed E-state index contributed by atoms with van der Waals surface area (Å²) < 4.78 is 0. The number of aryl methyl sites for hydroxylation is 2. The van der Waals surface area contributed by atoms with Crippen LogP contribution in [-0.4, -0.2) is 12.5 Å². The molecule has 0 spiro atoms. The van der Waals surface area contributed by atoms with Crippen molar-refractivity contribution in [3.05, 3.63) is 59.2 Å². The Morgan fingerprint density at radius 1 is 1.00 bits per heavy atom. The molecule has 23 heavy (non-hydrogen) atoms. The third-order valence-corrected chi connectivity index (χ3v) is 3.86. The highest BCUT2D eigenvalue weighted by Gasteiger charge is 2.13. The molecule has 3 nitrogen and oxygen atoms in total. The van der Waals surface area contributed by atoms with Gasteiger partial charge in [0, 0.05) is 11.4 Å². The first-order valence-electron chi connectivity index (χ1n) is 7.97. The Kier molecular flexibility index (Phi) is 5.09. The van der Waals surface area contributed by atoms with Crippen LogP contribution in [0.15, 0.2) is 42.5 Å². The molecule has 0 bridgehead atoms. The zero-order chi connectivity index (χ0) is 17.0. The molecule has 0 fully saturated rings. The molecular formula is C20H26N2O. The first kappa shape index (κ1) is 17.1. The Hall–Kier alpha value is -2.29. The number of hydrogen-bond acceptors (Lipinski definition) is 2. The van der Waals surface area contributed by atoms with Gasteiger partial charge in [0.1, 0.15) is 0 Å². The second kappa shape index (κ2) is 6.86. The van der Waals surface area contributed by atoms with Crippen molar-refractivity contribution in [2.75, 3.05) is 17.2 Å². The molecule has 2 aromatic carbocycles. The molecule has 0 radical (unpaired) electrons. The fourth-order valence-corrected chi connectivity index (χ4v) is 2.42. The third kappa shape index (κ3) is 4.85. The summed E-state index contributed by atoms with van der Waals surface area (Å²) in [6.07, 6.45) is 0. The van der Waals surface area contributed by atoms with Crippen molar-refractivity contribution in [2.45, 2.75) is 40.0 Å². The van der Waals surface area contributed by atoms with E-state index in [1.165, 1.54) is 11.1 Å². The smallest absolute Gasteiger partial charge is 0.243 e. The molecule has 0 saturated heterocycles. The summed E-state index contributed by atoms with van der Waals surface area (Å²) in [6.45, 7) is 10.9. The van der Waals surface area contributed by atoms with Gasteiger partial charge in [-0.3, -0.25) is 4.79 Å². The molecule has 2 rings (SSSR count). The Bertz CT molecular complexity index is 682. The second-order valence-electron chi connectivity index (χ2n) is 7.05. The molecular weight excluding hydrogens is 284 g/mol.